The molecule has 1 saturated carbocycles. The Labute approximate surface area is 115 Å². The molecule has 0 aliphatic heterocycles. The van der Waals surface area contributed by atoms with Gasteiger partial charge >= 0.3 is 0 Å². The van der Waals surface area contributed by atoms with E-state index >= 15 is 0 Å². The van der Waals surface area contributed by atoms with E-state index in [4.69, 9.17) is 5.73 Å². The Morgan fingerprint density at radius 2 is 2.22 bits per heavy atom. The molecule has 94 valence electrons. The molecule has 1 heterocycles. The molecule has 0 radical (unpaired) electrons. The summed E-state index contributed by atoms with van der Waals surface area (Å²) >= 11 is 3.50. The van der Waals surface area contributed by atoms with Crippen molar-refractivity contribution in [3.8, 4) is 0 Å². The Hall–Kier alpha value is -1.29. The van der Waals surface area contributed by atoms with Gasteiger partial charge in [0, 0.05) is 16.4 Å². The van der Waals surface area contributed by atoms with Crippen molar-refractivity contribution in [2.24, 2.45) is 5.92 Å². The first-order chi connectivity index (χ1) is 8.74. The number of halogens is 1. The fourth-order valence-corrected chi connectivity index (χ4v) is 2.68. The lowest BCUT2D eigenvalue weighted by molar-refractivity contribution is 0.333. The van der Waals surface area contributed by atoms with Crippen LogP contribution in [0.15, 0.2) is 28.9 Å². The quantitative estimate of drug-likeness (QED) is 0.907. The van der Waals surface area contributed by atoms with Gasteiger partial charge in [-0.05, 0) is 37.0 Å². The van der Waals surface area contributed by atoms with Crippen molar-refractivity contribution < 1.29 is 0 Å². The lowest BCUT2D eigenvalue weighted by Crippen LogP contribution is -2.21. The van der Waals surface area contributed by atoms with E-state index in [1.807, 2.05) is 12.1 Å². The minimum Gasteiger partial charge on any atom is -0.396 e. The zero-order chi connectivity index (χ0) is 12.5. The second-order valence-electron chi connectivity index (χ2n) is 4.93. The maximum atomic E-state index is 6.04. The molecule has 18 heavy (non-hydrogen) atoms. The molecule has 3 N–H and O–H groups in total. The number of aromatic nitrogens is 1. The van der Waals surface area contributed by atoms with Gasteiger partial charge in [-0.3, -0.25) is 4.98 Å². The first-order valence-electron chi connectivity index (χ1n) is 6.31. The molecule has 1 aliphatic rings. The van der Waals surface area contributed by atoms with Gasteiger partial charge in [0.25, 0.3) is 0 Å². The molecule has 1 fully saturated rings. The summed E-state index contributed by atoms with van der Waals surface area (Å²) in [4.78, 5) is 4.36. The van der Waals surface area contributed by atoms with Crippen LogP contribution in [0.3, 0.4) is 0 Å². The van der Waals surface area contributed by atoms with Crippen LogP contribution in [0.2, 0.25) is 0 Å². The number of pyridine rings is 1. The van der Waals surface area contributed by atoms with Gasteiger partial charge in [0.15, 0.2) is 0 Å². The first-order valence-corrected chi connectivity index (χ1v) is 7.11. The van der Waals surface area contributed by atoms with Crippen molar-refractivity contribution >= 4 is 38.2 Å². The first kappa shape index (κ1) is 11.8. The Bertz CT molecular complexity index is 573. The summed E-state index contributed by atoms with van der Waals surface area (Å²) in [5.41, 5.74) is 8.76. The topological polar surface area (TPSA) is 50.9 Å². The molecule has 3 nitrogen and oxygen atoms in total. The third kappa shape index (κ3) is 2.17. The minimum absolute atomic E-state index is 0.722. The maximum absolute atomic E-state index is 6.04. The van der Waals surface area contributed by atoms with Crippen LogP contribution >= 0.6 is 15.9 Å². The number of hydrogen-bond donors (Lipinski definition) is 2. The van der Waals surface area contributed by atoms with Crippen LogP contribution in [-0.4, -0.2) is 11.5 Å². The van der Waals surface area contributed by atoms with Crippen molar-refractivity contribution in [1.82, 2.24) is 4.98 Å². The standard InChI is InChI=1S/C14H16BrN3/c15-10-4-5-13-11(6-10)14(12(16)8-17-13)18-7-9-2-1-3-9/h4-6,8-9H,1-3,7,16H2,(H,17,18). The largest absolute Gasteiger partial charge is 0.396 e. The van der Waals surface area contributed by atoms with E-state index in [9.17, 15) is 0 Å². The molecule has 1 aromatic carbocycles. The third-order valence-corrected chi connectivity index (χ3v) is 4.14. The highest BCUT2D eigenvalue weighted by Crippen LogP contribution is 2.32. The van der Waals surface area contributed by atoms with Gasteiger partial charge in [-0.1, -0.05) is 22.4 Å². The van der Waals surface area contributed by atoms with Gasteiger partial charge in [-0.2, -0.15) is 0 Å². The summed E-state index contributed by atoms with van der Waals surface area (Å²) in [5, 5.41) is 4.59. The number of hydrogen-bond acceptors (Lipinski definition) is 3. The predicted molar refractivity (Wildman–Crippen MR) is 79.7 cm³/mol. The number of nitrogens with two attached hydrogens (primary N) is 1. The van der Waals surface area contributed by atoms with Crippen molar-refractivity contribution in [1.29, 1.82) is 0 Å². The lowest BCUT2D eigenvalue weighted by Gasteiger charge is -2.26. The second kappa shape index (κ2) is 4.76. The summed E-state index contributed by atoms with van der Waals surface area (Å²) in [5.74, 6) is 0.805. The fraction of sp³-hybridized carbons (Fsp3) is 0.357. The highest BCUT2D eigenvalue weighted by molar-refractivity contribution is 9.10. The lowest BCUT2D eigenvalue weighted by atomic mass is 9.85. The maximum Gasteiger partial charge on any atom is 0.0743 e. The highest BCUT2D eigenvalue weighted by atomic mass is 79.9. The normalized spacial score (nSPS) is 15.6. The number of fused-ring (bicyclic) bond motifs is 1. The number of nitrogens with one attached hydrogen (secondary N) is 1. The number of benzene rings is 1. The summed E-state index contributed by atoms with van der Waals surface area (Å²) in [6.45, 7) is 1.01. The number of rotatable bonds is 3. The zero-order valence-electron chi connectivity index (χ0n) is 10.1. The average molecular weight is 306 g/mol. The molecule has 4 heteroatoms. The molecule has 1 aromatic heterocycles. The van der Waals surface area contributed by atoms with Crippen LogP contribution in [0.1, 0.15) is 19.3 Å². The van der Waals surface area contributed by atoms with Crippen LogP contribution in [0.4, 0.5) is 11.4 Å². The van der Waals surface area contributed by atoms with E-state index in [1.165, 1.54) is 19.3 Å². The molecule has 0 bridgehead atoms. The molecular weight excluding hydrogens is 290 g/mol. The molecule has 0 spiro atoms. The Morgan fingerprint density at radius 1 is 1.39 bits per heavy atom. The smallest absolute Gasteiger partial charge is 0.0743 e. The van der Waals surface area contributed by atoms with E-state index in [2.05, 4.69) is 32.3 Å². The molecule has 3 rings (SSSR count). The monoisotopic (exact) mass is 305 g/mol. The van der Waals surface area contributed by atoms with Crippen LogP contribution in [0.5, 0.6) is 0 Å². The van der Waals surface area contributed by atoms with Crippen LogP contribution in [-0.2, 0) is 0 Å². The number of anilines is 2. The van der Waals surface area contributed by atoms with Crippen molar-refractivity contribution in [3.63, 3.8) is 0 Å². The zero-order valence-corrected chi connectivity index (χ0v) is 11.7. The summed E-state index contributed by atoms with van der Waals surface area (Å²) in [7, 11) is 0. The highest BCUT2D eigenvalue weighted by Gasteiger charge is 2.17. The second-order valence-corrected chi connectivity index (χ2v) is 5.84. The van der Waals surface area contributed by atoms with Gasteiger partial charge < -0.3 is 11.1 Å². The molecular formula is C14H16BrN3. The van der Waals surface area contributed by atoms with Crippen molar-refractivity contribution in [2.75, 3.05) is 17.6 Å². The molecule has 0 amide bonds. The van der Waals surface area contributed by atoms with E-state index in [0.29, 0.717) is 0 Å². The molecule has 1 aliphatic carbocycles. The summed E-state index contributed by atoms with van der Waals surface area (Å²) in [6.07, 6.45) is 5.77. The number of nitrogens with zero attached hydrogens (tertiary/aromatic N) is 1. The van der Waals surface area contributed by atoms with Gasteiger partial charge in [-0.15, -0.1) is 0 Å². The number of nitrogen functional groups attached to an aromatic ring is 1. The van der Waals surface area contributed by atoms with Crippen molar-refractivity contribution in [3.05, 3.63) is 28.9 Å². The molecule has 0 atom stereocenters. The molecule has 0 saturated heterocycles. The van der Waals surface area contributed by atoms with Crippen molar-refractivity contribution in [2.45, 2.75) is 19.3 Å². The summed E-state index contributed by atoms with van der Waals surface area (Å²) in [6, 6.07) is 6.08. The predicted octanol–water partition coefficient (Wildman–Crippen LogP) is 3.79. The van der Waals surface area contributed by atoms with Gasteiger partial charge in [0.2, 0.25) is 0 Å². The van der Waals surface area contributed by atoms with E-state index in [1.54, 1.807) is 6.20 Å². The van der Waals surface area contributed by atoms with Gasteiger partial charge in [0.1, 0.15) is 0 Å². The van der Waals surface area contributed by atoms with Crippen LogP contribution < -0.4 is 11.1 Å². The fourth-order valence-electron chi connectivity index (χ4n) is 2.32. The van der Waals surface area contributed by atoms with Crippen LogP contribution in [0.25, 0.3) is 10.9 Å². The van der Waals surface area contributed by atoms with Crippen LogP contribution in [0, 0.1) is 5.92 Å². The van der Waals surface area contributed by atoms with Gasteiger partial charge in [0.05, 0.1) is 23.1 Å². The minimum atomic E-state index is 0.722. The Kier molecular flexibility index (Phi) is 3.12. The Morgan fingerprint density at radius 3 is 2.94 bits per heavy atom. The van der Waals surface area contributed by atoms with Gasteiger partial charge in [-0.25, -0.2) is 0 Å². The van der Waals surface area contributed by atoms with E-state index < -0.39 is 0 Å². The van der Waals surface area contributed by atoms with E-state index in [-0.39, 0.29) is 0 Å². The third-order valence-electron chi connectivity index (χ3n) is 3.65. The SMILES string of the molecule is Nc1cnc2ccc(Br)cc2c1NCC1CCC1. The Balaban J connectivity index is 1.96. The molecule has 0 unspecified atom stereocenters. The van der Waals surface area contributed by atoms with E-state index in [0.717, 1.165) is 39.2 Å². The summed E-state index contributed by atoms with van der Waals surface area (Å²) < 4.78 is 1.05. The molecule has 2 aromatic rings. The average Bonchev–Trinajstić information content (AvgIpc) is 2.30.